The van der Waals surface area contributed by atoms with E-state index in [0.717, 1.165) is 16.5 Å². The number of amides is 1. The van der Waals surface area contributed by atoms with Crippen LogP contribution in [-0.2, 0) is 16.4 Å². The van der Waals surface area contributed by atoms with E-state index in [1.165, 1.54) is 24.3 Å². The molecule has 0 saturated carbocycles. The van der Waals surface area contributed by atoms with E-state index in [1.54, 1.807) is 6.08 Å². The third-order valence-electron chi connectivity index (χ3n) is 4.20. The number of aromatic nitrogens is 1. The van der Waals surface area contributed by atoms with Crippen LogP contribution in [0.25, 0.3) is 10.9 Å². The Balaban J connectivity index is 1.62. The fourth-order valence-electron chi connectivity index (χ4n) is 2.79. The first kappa shape index (κ1) is 18.9. The van der Waals surface area contributed by atoms with Crippen LogP contribution < -0.4 is 10.0 Å². The van der Waals surface area contributed by atoms with Crippen LogP contribution in [0.1, 0.15) is 15.9 Å². The Morgan fingerprint density at radius 1 is 1.11 bits per heavy atom. The molecule has 0 fully saturated rings. The summed E-state index contributed by atoms with van der Waals surface area (Å²) in [5.74, 6) is -0.272. The second-order valence-corrected chi connectivity index (χ2v) is 7.80. The summed E-state index contributed by atoms with van der Waals surface area (Å²) < 4.78 is 27.5. The van der Waals surface area contributed by atoms with Crippen LogP contribution in [0.4, 0.5) is 0 Å². The van der Waals surface area contributed by atoms with Gasteiger partial charge in [-0.25, -0.2) is 13.1 Å². The maximum Gasteiger partial charge on any atom is 0.251 e. The first-order valence-corrected chi connectivity index (χ1v) is 10.0. The monoisotopic (exact) mass is 383 g/mol. The molecule has 1 aromatic heterocycles. The van der Waals surface area contributed by atoms with Crippen molar-refractivity contribution in [2.45, 2.75) is 11.3 Å². The molecular weight excluding hydrogens is 362 g/mol. The molecule has 3 aromatic rings. The lowest BCUT2D eigenvalue weighted by Gasteiger charge is -2.08. The molecule has 27 heavy (non-hydrogen) atoms. The van der Waals surface area contributed by atoms with Gasteiger partial charge >= 0.3 is 0 Å². The third-order valence-corrected chi connectivity index (χ3v) is 5.67. The summed E-state index contributed by atoms with van der Waals surface area (Å²) in [7, 11) is -3.63. The van der Waals surface area contributed by atoms with E-state index >= 15 is 0 Å². The van der Waals surface area contributed by atoms with E-state index in [2.05, 4.69) is 21.6 Å². The zero-order valence-electron chi connectivity index (χ0n) is 14.7. The number of H-pyrrole nitrogens is 1. The smallest absolute Gasteiger partial charge is 0.251 e. The lowest BCUT2D eigenvalue weighted by molar-refractivity contribution is 0.0958. The number of carbonyl (C=O) groups excluding carboxylic acids is 1. The van der Waals surface area contributed by atoms with E-state index in [1.807, 2.05) is 30.5 Å². The third kappa shape index (κ3) is 4.45. The Kier molecular flexibility index (Phi) is 5.73. The second kappa shape index (κ2) is 8.20. The molecule has 0 aliphatic carbocycles. The van der Waals surface area contributed by atoms with Gasteiger partial charge in [0.25, 0.3) is 5.91 Å². The molecule has 1 heterocycles. The Morgan fingerprint density at radius 3 is 2.59 bits per heavy atom. The molecule has 140 valence electrons. The van der Waals surface area contributed by atoms with Crippen molar-refractivity contribution < 1.29 is 13.2 Å². The van der Waals surface area contributed by atoms with Crippen molar-refractivity contribution in [1.29, 1.82) is 0 Å². The van der Waals surface area contributed by atoms with Gasteiger partial charge in [0.15, 0.2) is 0 Å². The quantitative estimate of drug-likeness (QED) is 0.522. The number of benzene rings is 2. The predicted molar refractivity (Wildman–Crippen MR) is 106 cm³/mol. The molecule has 0 radical (unpaired) electrons. The van der Waals surface area contributed by atoms with E-state index in [9.17, 15) is 13.2 Å². The summed E-state index contributed by atoms with van der Waals surface area (Å²) in [6.07, 6.45) is 4.05. The van der Waals surface area contributed by atoms with Gasteiger partial charge in [0.05, 0.1) is 4.90 Å². The first-order valence-electron chi connectivity index (χ1n) is 8.55. The summed E-state index contributed by atoms with van der Waals surface area (Å²) >= 11 is 0. The molecule has 0 spiro atoms. The number of carbonyl (C=O) groups is 1. The highest BCUT2D eigenvalue weighted by Crippen LogP contribution is 2.18. The fraction of sp³-hybridized carbons (Fsp3) is 0.150. The van der Waals surface area contributed by atoms with E-state index in [0.29, 0.717) is 18.5 Å². The van der Waals surface area contributed by atoms with Gasteiger partial charge in [0.2, 0.25) is 10.0 Å². The van der Waals surface area contributed by atoms with Gasteiger partial charge < -0.3 is 10.3 Å². The van der Waals surface area contributed by atoms with Crippen LogP contribution in [0.2, 0.25) is 0 Å². The van der Waals surface area contributed by atoms with E-state index in [4.69, 9.17) is 0 Å². The Hall–Kier alpha value is -2.90. The van der Waals surface area contributed by atoms with E-state index in [-0.39, 0.29) is 17.3 Å². The number of hydrogen-bond donors (Lipinski definition) is 3. The maximum atomic E-state index is 12.4. The molecule has 7 heteroatoms. The van der Waals surface area contributed by atoms with E-state index < -0.39 is 10.0 Å². The normalized spacial score (nSPS) is 11.4. The van der Waals surface area contributed by atoms with Crippen LogP contribution in [0, 0.1) is 0 Å². The molecule has 0 aliphatic heterocycles. The summed E-state index contributed by atoms with van der Waals surface area (Å²) in [6, 6.07) is 13.7. The average molecular weight is 383 g/mol. The maximum absolute atomic E-state index is 12.4. The van der Waals surface area contributed by atoms with Crippen LogP contribution in [0.3, 0.4) is 0 Å². The standard InChI is InChI=1S/C20H21N3O3S/c1-2-12-21-20(24)15-7-9-17(10-8-15)27(25,26)23-13-11-16-14-22-19-6-4-3-5-18(16)19/h2-10,14,22-23H,1,11-13H2,(H,21,24). The van der Waals surface area contributed by atoms with Gasteiger partial charge in [-0.1, -0.05) is 24.3 Å². The summed E-state index contributed by atoms with van der Waals surface area (Å²) in [5, 5.41) is 3.74. The van der Waals surface area contributed by atoms with Gasteiger partial charge in [-0.05, 0) is 42.3 Å². The van der Waals surface area contributed by atoms with Crippen molar-refractivity contribution in [2.75, 3.05) is 13.1 Å². The molecule has 0 atom stereocenters. The summed E-state index contributed by atoms with van der Waals surface area (Å²) in [4.78, 5) is 15.2. The van der Waals surface area contributed by atoms with Crippen molar-refractivity contribution in [3.8, 4) is 0 Å². The number of aromatic amines is 1. The van der Waals surface area contributed by atoms with Crippen molar-refractivity contribution >= 4 is 26.8 Å². The molecule has 0 saturated heterocycles. The molecule has 0 unspecified atom stereocenters. The molecule has 1 amide bonds. The van der Waals surface area contributed by atoms with Gasteiger partial charge in [0.1, 0.15) is 0 Å². The minimum Gasteiger partial charge on any atom is -0.361 e. The number of hydrogen-bond acceptors (Lipinski definition) is 3. The van der Waals surface area contributed by atoms with Gasteiger partial charge in [-0.15, -0.1) is 6.58 Å². The van der Waals surface area contributed by atoms with Crippen molar-refractivity contribution in [1.82, 2.24) is 15.0 Å². The zero-order chi connectivity index (χ0) is 19.3. The van der Waals surface area contributed by atoms with Crippen LogP contribution >= 0.6 is 0 Å². The largest absolute Gasteiger partial charge is 0.361 e. The second-order valence-electron chi connectivity index (χ2n) is 6.03. The first-order chi connectivity index (χ1) is 13.0. The lowest BCUT2D eigenvalue weighted by atomic mass is 10.1. The van der Waals surface area contributed by atoms with Crippen molar-refractivity contribution in [3.63, 3.8) is 0 Å². The number of sulfonamides is 1. The SMILES string of the molecule is C=CCNC(=O)c1ccc(S(=O)(=O)NCCc2c[nH]c3ccccc23)cc1. The lowest BCUT2D eigenvalue weighted by Crippen LogP contribution is -2.26. The topological polar surface area (TPSA) is 91.1 Å². The summed E-state index contributed by atoms with van der Waals surface area (Å²) in [6.45, 7) is 4.17. The highest BCUT2D eigenvalue weighted by molar-refractivity contribution is 7.89. The molecule has 3 N–H and O–H groups in total. The molecular formula is C20H21N3O3S. The molecule has 0 bridgehead atoms. The van der Waals surface area contributed by atoms with Crippen molar-refractivity contribution in [2.24, 2.45) is 0 Å². The minimum absolute atomic E-state index is 0.127. The van der Waals surface area contributed by atoms with Crippen LogP contribution in [0.15, 0.2) is 72.3 Å². The predicted octanol–water partition coefficient (Wildman–Crippen LogP) is 2.60. The Morgan fingerprint density at radius 2 is 1.85 bits per heavy atom. The van der Waals surface area contributed by atoms with Gasteiger partial charge in [-0.2, -0.15) is 0 Å². The summed E-state index contributed by atoms with van der Waals surface area (Å²) in [5.41, 5.74) is 2.48. The highest BCUT2D eigenvalue weighted by Gasteiger charge is 2.15. The number of para-hydroxylation sites is 1. The number of fused-ring (bicyclic) bond motifs is 1. The van der Waals surface area contributed by atoms with Crippen molar-refractivity contribution in [3.05, 3.63) is 78.5 Å². The molecule has 3 rings (SSSR count). The highest BCUT2D eigenvalue weighted by atomic mass is 32.2. The van der Waals surface area contributed by atoms with Gasteiger partial charge in [0, 0.05) is 35.8 Å². The van der Waals surface area contributed by atoms with Crippen LogP contribution in [-0.4, -0.2) is 32.4 Å². The number of nitrogens with one attached hydrogen (secondary N) is 3. The Bertz CT molecular complexity index is 1050. The fourth-order valence-corrected chi connectivity index (χ4v) is 3.83. The van der Waals surface area contributed by atoms with Crippen LogP contribution in [0.5, 0.6) is 0 Å². The zero-order valence-corrected chi connectivity index (χ0v) is 15.6. The average Bonchev–Trinajstić information content (AvgIpc) is 3.09. The van der Waals surface area contributed by atoms with Gasteiger partial charge in [-0.3, -0.25) is 4.79 Å². The minimum atomic E-state index is -3.63. The molecule has 0 aliphatic rings. The number of rotatable bonds is 8. The molecule has 2 aromatic carbocycles. The Labute approximate surface area is 158 Å². The molecule has 6 nitrogen and oxygen atoms in total.